The summed E-state index contributed by atoms with van der Waals surface area (Å²) >= 11 is 0. The monoisotopic (exact) mass is 336 g/mol. The lowest BCUT2D eigenvalue weighted by atomic mass is 10.2. The summed E-state index contributed by atoms with van der Waals surface area (Å²) in [6.07, 6.45) is 2.01. The van der Waals surface area contributed by atoms with E-state index < -0.39 is 16.1 Å². The lowest BCUT2D eigenvalue weighted by Gasteiger charge is -2.37. The van der Waals surface area contributed by atoms with Crippen molar-refractivity contribution in [1.82, 2.24) is 19.6 Å². The van der Waals surface area contributed by atoms with Gasteiger partial charge in [-0.15, -0.1) is 0 Å². The molecule has 1 aliphatic heterocycles. The van der Waals surface area contributed by atoms with Gasteiger partial charge in [0, 0.05) is 13.1 Å². The van der Waals surface area contributed by atoms with Gasteiger partial charge in [-0.05, 0) is 5.56 Å². The van der Waals surface area contributed by atoms with E-state index in [2.05, 4.69) is 15.3 Å². The molecule has 0 spiro atoms. The fourth-order valence-corrected chi connectivity index (χ4v) is 3.61. The molecule has 23 heavy (non-hydrogen) atoms. The molecule has 1 saturated heterocycles. The fourth-order valence-electron chi connectivity index (χ4n) is 2.18. The quantitative estimate of drug-likeness (QED) is 0.837. The Morgan fingerprint density at radius 1 is 1.35 bits per heavy atom. The van der Waals surface area contributed by atoms with Crippen LogP contribution in [0.5, 0.6) is 0 Å². The van der Waals surface area contributed by atoms with Crippen molar-refractivity contribution in [3.05, 3.63) is 48.4 Å². The predicted octanol–water partition coefficient (Wildman–Crippen LogP) is 0.709. The van der Waals surface area contributed by atoms with Gasteiger partial charge in [0.15, 0.2) is 5.03 Å². The van der Waals surface area contributed by atoms with E-state index in [0.29, 0.717) is 0 Å². The van der Waals surface area contributed by atoms with Crippen molar-refractivity contribution in [1.29, 1.82) is 0 Å². The molecular weight excluding hydrogens is 320 g/mol. The zero-order valence-electron chi connectivity index (χ0n) is 12.2. The van der Waals surface area contributed by atoms with E-state index in [-0.39, 0.29) is 30.8 Å². The molecule has 0 atom stereocenters. The third-order valence-electron chi connectivity index (χ3n) is 3.47. The molecule has 8 nitrogen and oxygen atoms in total. The summed E-state index contributed by atoms with van der Waals surface area (Å²) in [4.78, 5) is 18.0. The second-order valence-corrected chi connectivity index (χ2v) is 7.05. The van der Waals surface area contributed by atoms with Gasteiger partial charge in [-0.25, -0.2) is 18.2 Å². The second-order valence-electron chi connectivity index (χ2n) is 5.14. The standard InChI is InChI=1S/C14H16N4O4S/c19-14(22-9-11-4-2-1-3-5-11)17-12-7-18(8-12)23(20,21)13-6-15-10-16-13/h1-6,10,12H,7-9H2,(H,15,16)(H,17,19). The van der Waals surface area contributed by atoms with Gasteiger partial charge in [0.05, 0.1) is 18.6 Å². The SMILES string of the molecule is O=C(NC1CN(S(=O)(=O)c2cnc[nH]2)C1)OCc1ccccc1. The van der Waals surface area contributed by atoms with E-state index in [0.717, 1.165) is 5.56 Å². The first kappa shape index (κ1) is 15.5. The van der Waals surface area contributed by atoms with Gasteiger partial charge in [-0.2, -0.15) is 4.31 Å². The second kappa shape index (κ2) is 6.39. The number of nitrogens with zero attached hydrogens (tertiary/aromatic N) is 2. The lowest BCUT2D eigenvalue weighted by Crippen LogP contribution is -2.60. The number of hydrogen-bond acceptors (Lipinski definition) is 5. The van der Waals surface area contributed by atoms with Crippen LogP contribution in [0.15, 0.2) is 47.9 Å². The van der Waals surface area contributed by atoms with Gasteiger partial charge in [-0.3, -0.25) is 0 Å². The van der Waals surface area contributed by atoms with Gasteiger partial charge in [-0.1, -0.05) is 30.3 Å². The van der Waals surface area contributed by atoms with Crippen LogP contribution in [-0.2, 0) is 21.4 Å². The summed E-state index contributed by atoms with van der Waals surface area (Å²) < 4.78 is 30.6. The first-order chi connectivity index (χ1) is 11.1. The zero-order valence-corrected chi connectivity index (χ0v) is 13.0. The molecule has 2 heterocycles. The molecule has 1 aliphatic rings. The number of ether oxygens (including phenoxy) is 1. The van der Waals surface area contributed by atoms with Crippen LogP contribution in [0, 0.1) is 0 Å². The molecule has 2 aromatic rings. The topological polar surface area (TPSA) is 104 Å². The molecule has 1 fully saturated rings. The van der Waals surface area contributed by atoms with Crippen molar-refractivity contribution in [2.45, 2.75) is 17.7 Å². The van der Waals surface area contributed by atoms with Crippen molar-refractivity contribution in [2.24, 2.45) is 0 Å². The van der Waals surface area contributed by atoms with Crippen LogP contribution in [0.25, 0.3) is 0 Å². The number of amides is 1. The maximum atomic E-state index is 12.1. The van der Waals surface area contributed by atoms with Crippen LogP contribution in [0.1, 0.15) is 5.56 Å². The number of aromatic amines is 1. The van der Waals surface area contributed by atoms with Crippen molar-refractivity contribution in [3.8, 4) is 0 Å². The molecule has 9 heteroatoms. The Morgan fingerprint density at radius 2 is 2.09 bits per heavy atom. The predicted molar refractivity (Wildman–Crippen MR) is 80.9 cm³/mol. The maximum Gasteiger partial charge on any atom is 0.407 e. The van der Waals surface area contributed by atoms with E-state index in [1.165, 1.54) is 16.8 Å². The van der Waals surface area contributed by atoms with E-state index >= 15 is 0 Å². The number of hydrogen-bond donors (Lipinski definition) is 2. The van der Waals surface area contributed by atoms with Crippen molar-refractivity contribution in [2.75, 3.05) is 13.1 Å². The summed E-state index contributed by atoms with van der Waals surface area (Å²) in [6, 6.07) is 9.06. The normalized spacial score (nSPS) is 15.8. The van der Waals surface area contributed by atoms with Crippen molar-refractivity contribution >= 4 is 16.1 Å². The Labute approximate surface area is 133 Å². The van der Waals surface area contributed by atoms with Crippen LogP contribution in [0.2, 0.25) is 0 Å². The molecule has 0 bridgehead atoms. The minimum Gasteiger partial charge on any atom is -0.445 e. The lowest BCUT2D eigenvalue weighted by molar-refractivity contribution is 0.123. The van der Waals surface area contributed by atoms with Crippen molar-refractivity contribution < 1.29 is 17.9 Å². The first-order valence-corrected chi connectivity index (χ1v) is 8.45. The number of H-pyrrole nitrogens is 1. The third kappa shape index (κ3) is 3.51. The van der Waals surface area contributed by atoms with Gasteiger partial charge >= 0.3 is 6.09 Å². The molecule has 0 radical (unpaired) electrons. The number of carbonyl (C=O) groups excluding carboxylic acids is 1. The average molecular weight is 336 g/mol. The Morgan fingerprint density at radius 3 is 2.74 bits per heavy atom. The molecule has 1 aromatic heterocycles. The van der Waals surface area contributed by atoms with E-state index in [9.17, 15) is 13.2 Å². The number of carbonyl (C=O) groups is 1. The van der Waals surface area contributed by atoms with Gasteiger partial charge in [0.2, 0.25) is 0 Å². The van der Waals surface area contributed by atoms with Crippen LogP contribution in [0.4, 0.5) is 4.79 Å². The Bertz CT molecular complexity index is 755. The summed E-state index contributed by atoms with van der Waals surface area (Å²) in [7, 11) is -3.56. The summed E-state index contributed by atoms with van der Waals surface area (Å²) in [6.45, 7) is 0.596. The summed E-state index contributed by atoms with van der Waals surface area (Å²) in [5.74, 6) is 0. The first-order valence-electron chi connectivity index (χ1n) is 7.01. The molecule has 3 rings (SSSR count). The average Bonchev–Trinajstić information content (AvgIpc) is 3.04. The third-order valence-corrected chi connectivity index (χ3v) is 5.23. The highest BCUT2D eigenvalue weighted by molar-refractivity contribution is 7.89. The summed E-state index contributed by atoms with van der Waals surface area (Å²) in [5.41, 5.74) is 0.889. The highest BCUT2D eigenvalue weighted by atomic mass is 32.2. The number of imidazole rings is 1. The minimum atomic E-state index is -3.56. The number of nitrogens with one attached hydrogen (secondary N) is 2. The van der Waals surface area contributed by atoms with Crippen LogP contribution < -0.4 is 5.32 Å². The van der Waals surface area contributed by atoms with Gasteiger partial charge in [0.25, 0.3) is 10.0 Å². The molecular formula is C14H16N4O4S. The molecule has 0 saturated carbocycles. The largest absolute Gasteiger partial charge is 0.445 e. The fraction of sp³-hybridized carbons (Fsp3) is 0.286. The van der Waals surface area contributed by atoms with E-state index in [4.69, 9.17) is 4.74 Å². The molecule has 122 valence electrons. The Hall–Kier alpha value is -2.39. The molecule has 2 N–H and O–H groups in total. The van der Waals surface area contributed by atoms with Crippen LogP contribution >= 0.6 is 0 Å². The number of rotatable bonds is 5. The molecule has 1 amide bonds. The smallest absolute Gasteiger partial charge is 0.407 e. The molecule has 0 unspecified atom stereocenters. The number of aromatic nitrogens is 2. The van der Waals surface area contributed by atoms with Crippen molar-refractivity contribution in [3.63, 3.8) is 0 Å². The zero-order chi connectivity index (χ0) is 16.3. The highest BCUT2D eigenvalue weighted by Crippen LogP contribution is 2.19. The Balaban J connectivity index is 1.44. The number of alkyl carbamates (subject to hydrolysis) is 1. The Kier molecular flexibility index (Phi) is 4.30. The number of sulfonamides is 1. The summed E-state index contributed by atoms with van der Waals surface area (Å²) in [5, 5.41) is 2.68. The van der Waals surface area contributed by atoms with E-state index in [1.54, 1.807) is 0 Å². The van der Waals surface area contributed by atoms with E-state index in [1.807, 2.05) is 30.3 Å². The number of benzene rings is 1. The van der Waals surface area contributed by atoms with Crippen LogP contribution in [-0.4, -0.2) is 47.9 Å². The molecule has 1 aromatic carbocycles. The van der Waals surface area contributed by atoms with Gasteiger partial charge in [0.1, 0.15) is 6.61 Å². The highest BCUT2D eigenvalue weighted by Gasteiger charge is 2.38. The van der Waals surface area contributed by atoms with Gasteiger partial charge < -0.3 is 15.0 Å². The molecule has 0 aliphatic carbocycles. The maximum absolute atomic E-state index is 12.1. The minimum absolute atomic E-state index is 0.0441. The van der Waals surface area contributed by atoms with Crippen LogP contribution in [0.3, 0.4) is 0 Å².